The van der Waals surface area contributed by atoms with Crippen molar-refractivity contribution in [3.63, 3.8) is 0 Å². The Bertz CT molecular complexity index is 535. The van der Waals surface area contributed by atoms with Crippen molar-refractivity contribution in [3.8, 4) is 11.3 Å². The van der Waals surface area contributed by atoms with Gasteiger partial charge in [0, 0.05) is 11.3 Å². The predicted molar refractivity (Wildman–Crippen MR) is 59.1 cm³/mol. The van der Waals surface area contributed by atoms with Gasteiger partial charge in [-0.15, -0.1) is 0 Å². The van der Waals surface area contributed by atoms with Crippen molar-refractivity contribution in [2.75, 3.05) is 0 Å². The second kappa shape index (κ2) is 4.00. The van der Waals surface area contributed by atoms with Gasteiger partial charge in [0.1, 0.15) is 0 Å². The van der Waals surface area contributed by atoms with Crippen molar-refractivity contribution in [2.24, 2.45) is 0 Å². The minimum absolute atomic E-state index is 0.209. The normalized spacial score (nSPS) is 10.5. The maximum Gasteiger partial charge on any atom is 0.168 e. The van der Waals surface area contributed by atoms with Crippen LogP contribution in [0.5, 0.6) is 0 Å². The number of halogens is 2. The molecule has 16 heavy (non-hydrogen) atoms. The standard InChI is InChI=1S/C13H11F2N/c1-8-6-7-9(2)16-13(8)10-4-3-5-11(14)12(10)15/h3-7H,1-2H3. The number of aryl methyl sites for hydroxylation is 2. The van der Waals surface area contributed by atoms with Crippen LogP contribution in [0.15, 0.2) is 30.3 Å². The van der Waals surface area contributed by atoms with E-state index in [1.165, 1.54) is 12.1 Å². The molecule has 0 atom stereocenters. The Morgan fingerprint density at radius 1 is 1.00 bits per heavy atom. The van der Waals surface area contributed by atoms with Crippen LogP contribution in [0, 0.1) is 25.5 Å². The molecular weight excluding hydrogens is 208 g/mol. The average Bonchev–Trinajstić information content (AvgIpc) is 2.26. The third-order valence-electron chi connectivity index (χ3n) is 2.44. The maximum absolute atomic E-state index is 13.6. The molecule has 1 aromatic heterocycles. The lowest BCUT2D eigenvalue weighted by Crippen LogP contribution is -1.95. The maximum atomic E-state index is 13.6. The summed E-state index contributed by atoms with van der Waals surface area (Å²) < 4.78 is 26.7. The van der Waals surface area contributed by atoms with Gasteiger partial charge in [0.2, 0.25) is 0 Å². The van der Waals surface area contributed by atoms with Crippen LogP contribution in [0.2, 0.25) is 0 Å². The first-order chi connectivity index (χ1) is 7.59. The number of hydrogen-bond acceptors (Lipinski definition) is 1. The van der Waals surface area contributed by atoms with E-state index in [1.807, 2.05) is 26.0 Å². The van der Waals surface area contributed by atoms with E-state index in [9.17, 15) is 8.78 Å². The van der Waals surface area contributed by atoms with Gasteiger partial charge in [-0.1, -0.05) is 12.1 Å². The van der Waals surface area contributed by atoms with E-state index in [0.29, 0.717) is 5.69 Å². The second-order valence-electron chi connectivity index (χ2n) is 3.72. The Morgan fingerprint density at radius 2 is 1.75 bits per heavy atom. The monoisotopic (exact) mass is 219 g/mol. The summed E-state index contributed by atoms with van der Waals surface area (Å²) in [4.78, 5) is 4.24. The summed E-state index contributed by atoms with van der Waals surface area (Å²) in [6.45, 7) is 3.65. The van der Waals surface area contributed by atoms with Crippen LogP contribution in [-0.4, -0.2) is 4.98 Å². The summed E-state index contributed by atoms with van der Waals surface area (Å²) in [5, 5.41) is 0. The van der Waals surface area contributed by atoms with E-state index in [4.69, 9.17) is 0 Å². The van der Waals surface area contributed by atoms with Crippen LogP contribution < -0.4 is 0 Å². The fraction of sp³-hybridized carbons (Fsp3) is 0.154. The molecule has 0 aliphatic carbocycles. The van der Waals surface area contributed by atoms with Crippen LogP contribution >= 0.6 is 0 Å². The topological polar surface area (TPSA) is 12.9 Å². The molecule has 0 aliphatic heterocycles. The van der Waals surface area contributed by atoms with Crippen LogP contribution in [0.25, 0.3) is 11.3 Å². The van der Waals surface area contributed by atoms with Gasteiger partial charge >= 0.3 is 0 Å². The number of pyridine rings is 1. The molecule has 0 bridgehead atoms. The van der Waals surface area contributed by atoms with Crippen molar-refractivity contribution < 1.29 is 8.78 Å². The van der Waals surface area contributed by atoms with Crippen LogP contribution in [0.1, 0.15) is 11.3 Å². The summed E-state index contributed by atoms with van der Waals surface area (Å²) in [6.07, 6.45) is 0. The summed E-state index contributed by atoms with van der Waals surface area (Å²) in [6, 6.07) is 7.81. The SMILES string of the molecule is Cc1ccc(C)c(-c2cccc(F)c2F)n1. The van der Waals surface area contributed by atoms with E-state index in [1.54, 1.807) is 0 Å². The lowest BCUT2D eigenvalue weighted by atomic mass is 10.1. The van der Waals surface area contributed by atoms with Crippen LogP contribution in [-0.2, 0) is 0 Å². The van der Waals surface area contributed by atoms with E-state index >= 15 is 0 Å². The van der Waals surface area contributed by atoms with Crippen molar-refractivity contribution in [3.05, 3.63) is 53.2 Å². The third kappa shape index (κ3) is 1.81. The van der Waals surface area contributed by atoms with Gasteiger partial charge in [-0.05, 0) is 37.6 Å². The quantitative estimate of drug-likeness (QED) is 0.713. The zero-order valence-corrected chi connectivity index (χ0v) is 9.09. The minimum atomic E-state index is -0.847. The van der Waals surface area contributed by atoms with Crippen LogP contribution in [0.3, 0.4) is 0 Å². The zero-order valence-electron chi connectivity index (χ0n) is 9.09. The Hall–Kier alpha value is -1.77. The lowest BCUT2D eigenvalue weighted by Gasteiger charge is -2.07. The highest BCUT2D eigenvalue weighted by Gasteiger charge is 2.12. The summed E-state index contributed by atoms with van der Waals surface area (Å²) >= 11 is 0. The van der Waals surface area contributed by atoms with Crippen LogP contribution in [0.4, 0.5) is 8.78 Å². The van der Waals surface area contributed by atoms with Crippen molar-refractivity contribution in [1.29, 1.82) is 0 Å². The Balaban J connectivity index is 2.67. The molecule has 3 heteroatoms. The fourth-order valence-electron chi connectivity index (χ4n) is 1.59. The average molecular weight is 219 g/mol. The summed E-state index contributed by atoms with van der Waals surface area (Å²) in [5.74, 6) is -1.69. The van der Waals surface area contributed by atoms with Gasteiger partial charge in [0.15, 0.2) is 11.6 Å². The Kier molecular flexibility index (Phi) is 2.69. The highest BCUT2D eigenvalue weighted by Crippen LogP contribution is 2.25. The molecule has 0 radical (unpaired) electrons. The molecule has 2 rings (SSSR count). The number of benzene rings is 1. The van der Waals surface area contributed by atoms with Gasteiger partial charge in [0.05, 0.1) is 5.69 Å². The van der Waals surface area contributed by atoms with Gasteiger partial charge in [-0.25, -0.2) is 8.78 Å². The highest BCUT2D eigenvalue weighted by molar-refractivity contribution is 5.63. The predicted octanol–water partition coefficient (Wildman–Crippen LogP) is 3.64. The first-order valence-electron chi connectivity index (χ1n) is 4.98. The molecule has 1 nitrogen and oxygen atoms in total. The molecule has 0 saturated carbocycles. The van der Waals surface area contributed by atoms with Gasteiger partial charge in [0.25, 0.3) is 0 Å². The first kappa shape index (κ1) is 10.7. The molecule has 0 N–H and O–H groups in total. The molecule has 0 amide bonds. The molecule has 2 aromatic rings. The molecule has 82 valence electrons. The molecule has 0 unspecified atom stereocenters. The number of aromatic nitrogens is 1. The largest absolute Gasteiger partial charge is 0.253 e. The molecule has 1 aromatic carbocycles. The molecule has 0 spiro atoms. The van der Waals surface area contributed by atoms with Crippen molar-refractivity contribution in [2.45, 2.75) is 13.8 Å². The molecule has 1 heterocycles. The molecular formula is C13H11F2N. The summed E-state index contributed by atoms with van der Waals surface area (Å²) in [5.41, 5.74) is 2.32. The second-order valence-corrected chi connectivity index (χ2v) is 3.72. The molecule has 0 fully saturated rings. The lowest BCUT2D eigenvalue weighted by molar-refractivity contribution is 0.511. The Morgan fingerprint density at radius 3 is 2.50 bits per heavy atom. The number of nitrogens with zero attached hydrogens (tertiary/aromatic N) is 1. The van der Waals surface area contributed by atoms with E-state index in [-0.39, 0.29) is 5.56 Å². The summed E-state index contributed by atoms with van der Waals surface area (Å²) in [7, 11) is 0. The van der Waals surface area contributed by atoms with Gasteiger partial charge < -0.3 is 0 Å². The van der Waals surface area contributed by atoms with Gasteiger partial charge in [-0.2, -0.15) is 0 Å². The number of rotatable bonds is 1. The smallest absolute Gasteiger partial charge is 0.168 e. The van der Waals surface area contributed by atoms with E-state index < -0.39 is 11.6 Å². The van der Waals surface area contributed by atoms with Crippen molar-refractivity contribution >= 4 is 0 Å². The first-order valence-corrected chi connectivity index (χ1v) is 4.98. The van der Waals surface area contributed by atoms with Crippen molar-refractivity contribution in [1.82, 2.24) is 4.98 Å². The van der Waals surface area contributed by atoms with E-state index in [0.717, 1.165) is 17.3 Å². The zero-order chi connectivity index (χ0) is 11.7. The van der Waals surface area contributed by atoms with E-state index in [2.05, 4.69) is 4.98 Å². The minimum Gasteiger partial charge on any atom is -0.253 e. The molecule has 0 saturated heterocycles. The Labute approximate surface area is 92.8 Å². The number of hydrogen-bond donors (Lipinski definition) is 0. The fourth-order valence-corrected chi connectivity index (χ4v) is 1.59. The molecule has 0 aliphatic rings. The highest BCUT2D eigenvalue weighted by atomic mass is 19.2. The third-order valence-corrected chi connectivity index (χ3v) is 2.44. The van der Waals surface area contributed by atoms with Gasteiger partial charge in [-0.3, -0.25) is 4.98 Å².